The van der Waals surface area contributed by atoms with Gasteiger partial charge in [-0.1, -0.05) is 35.0 Å². The van der Waals surface area contributed by atoms with E-state index in [1.165, 1.54) is 12.1 Å². The molecule has 0 radical (unpaired) electrons. The van der Waals surface area contributed by atoms with Gasteiger partial charge < -0.3 is 9.63 Å². The maximum Gasteiger partial charge on any atom is 0.262 e. The van der Waals surface area contributed by atoms with E-state index in [9.17, 15) is 9.50 Å². The van der Waals surface area contributed by atoms with Gasteiger partial charge in [0.2, 0.25) is 5.82 Å². The van der Waals surface area contributed by atoms with Gasteiger partial charge in [0.15, 0.2) is 0 Å². The summed E-state index contributed by atoms with van der Waals surface area (Å²) in [7, 11) is 0. The second kappa shape index (κ2) is 4.77. The molecule has 0 saturated heterocycles. The summed E-state index contributed by atoms with van der Waals surface area (Å²) in [4.78, 5) is 4.21. The average molecular weight is 270 g/mol. The van der Waals surface area contributed by atoms with Crippen LogP contribution in [0.15, 0.2) is 47.0 Å². The molecule has 1 heterocycles. The van der Waals surface area contributed by atoms with Gasteiger partial charge in [0.25, 0.3) is 5.89 Å². The van der Waals surface area contributed by atoms with Crippen molar-refractivity contribution in [3.8, 4) is 28.6 Å². The molecule has 1 aromatic heterocycles. The smallest absolute Gasteiger partial charge is 0.262 e. The zero-order valence-corrected chi connectivity index (χ0v) is 10.7. The molecule has 100 valence electrons. The first kappa shape index (κ1) is 12.3. The Labute approximate surface area is 114 Å². The number of nitrogens with zero attached hydrogens (tertiary/aromatic N) is 2. The Hall–Kier alpha value is -2.69. The molecular formula is C15H11FN2O2. The van der Waals surface area contributed by atoms with E-state index in [0.717, 1.165) is 17.2 Å². The number of aromatic hydroxyl groups is 1. The average Bonchev–Trinajstić information content (AvgIpc) is 2.89. The van der Waals surface area contributed by atoms with E-state index in [0.29, 0.717) is 11.4 Å². The monoisotopic (exact) mass is 270 g/mol. The molecule has 0 aliphatic rings. The second-order valence-electron chi connectivity index (χ2n) is 4.45. The Kier molecular flexibility index (Phi) is 2.95. The van der Waals surface area contributed by atoms with E-state index < -0.39 is 5.82 Å². The Balaban J connectivity index is 1.99. The summed E-state index contributed by atoms with van der Waals surface area (Å²) in [5.41, 5.74) is 2.25. The van der Waals surface area contributed by atoms with Crippen molar-refractivity contribution in [3.05, 3.63) is 53.8 Å². The molecule has 20 heavy (non-hydrogen) atoms. The molecule has 3 aromatic rings. The van der Waals surface area contributed by atoms with Crippen molar-refractivity contribution < 1.29 is 14.0 Å². The van der Waals surface area contributed by atoms with Crippen LogP contribution in [-0.4, -0.2) is 15.2 Å². The fraction of sp³-hybridized carbons (Fsp3) is 0.0667. The molecule has 0 spiro atoms. The van der Waals surface area contributed by atoms with E-state index in [4.69, 9.17) is 4.52 Å². The van der Waals surface area contributed by atoms with Crippen LogP contribution < -0.4 is 0 Å². The first-order valence-corrected chi connectivity index (χ1v) is 6.03. The maximum atomic E-state index is 12.9. The predicted molar refractivity (Wildman–Crippen MR) is 71.5 cm³/mol. The highest BCUT2D eigenvalue weighted by molar-refractivity contribution is 5.64. The van der Waals surface area contributed by atoms with Gasteiger partial charge in [-0.05, 0) is 19.1 Å². The van der Waals surface area contributed by atoms with Crippen LogP contribution in [0.3, 0.4) is 0 Å². The van der Waals surface area contributed by atoms with Gasteiger partial charge in [0.1, 0.15) is 11.6 Å². The van der Waals surface area contributed by atoms with Gasteiger partial charge in [-0.3, -0.25) is 0 Å². The molecule has 0 saturated carbocycles. The van der Waals surface area contributed by atoms with Crippen LogP contribution in [0, 0.1) is 12.7 Å². The molecule has 0 unspecified atom stereocenters. The van der Waals surface area contributed by atoms with Crippen LogP contribution >= 0.6 is 0 Å². The Morgan fingerprint density at radius 3 is 2.55 bits per heavy atom. The number of aryl methyl sites for hydroxylation is 1. The van der Waals surface area contributed by atoms with Gasteiger partial charge in [-0.2, -0.15) is 4.98 Å². The summed E-state index contributed by atoms with van der Waals surface area (Å²) < 4.78 is 18.1. The summed E-state index contributed by atoms with van der Waals surface area (Å²) in [6.45, 7) is 1.99. The van der Waals surface area contributed by atoms with Crippen molar-refractivity contribution in [1.29, 1.82) is 0 Å². The van der Waals surface area contributed by atoms with Gasteiger partial charge in [0.05, 0.1) is 5.56 Å². The molecule has 4 nitrogen and oxygen atoms in total. The van der Waals surface area contributed by atoms with Gasteiger partial charge in [-0.15, -0.1) is 0 Å². The summed E-state index contributed by atoms with van der Waals surface area (Å²) >= 11 is 0. The highest BCUT2D eigenvalue weighted by Crippen LogP contribution is 2.29. The lowest BCUT2D eigenvalue weighted by atomic mass is 10.1. The fourth-order valence-corrected chi connectivity index (χ4v) is 1.84. The van der Waals surface area contributed by atoms with E-state index >= 15 is 0 Å². The standard InChI is InChI=1S/C15H11FN2O2/c1-9-2-4-10(5-3-9)14-17-15(20-18-14)12-7-6-11(16)8-13(12)19/h2-8,19H,1H3. The number of hydrogen-bond acceptors (Lipinski definition) is 4. The highest BCUT2D eigenvalue weighted by atomic mass is 19.1. The minimum atomic E-state index is -0.524. The van der Waals surface area contributed by atoms with E-state index in [1.54, 1.807) is 0 Å². The first-order chi connectivity index (χ1) is 9.63. The van der Waals surface area contributed by atoms with Crippen molar-refractivity contribution in [2.24, 2.45) is 0 Å². The SMILES string of the molecule is Cc1ccc(-c2noc(-c3ccc(F)cc3O)n2)cc1. The zero-order chi connectivity index (χ0) is 14.1. The topological polar surface area (TPSA) is 59.2 Å². The van der Waals surface area contributed by atoms with E-state index in [-0.39, 0.29) is 11.6 Å². The summed E-state index contributed by atoms with van der Waals surface area (Å²) in [5.74, 6) is -0.185. The molecule has 0 aliphatic carbocycles. The van der Waals surface area contributed by atoms with E-state index in [1.807, 2.05) is 31.2 Å². The summed E-state index contributed by atoms with van der Waals surface area (Å²) in [5, 5.41) is 13.6. The van der Waals surface area contributed by atoms with Crippen molar-refractivity contribution in [3.63, 3.8) is 0 Å². The fourth-order valence-electron chi connectivity index (χ4n) is 1.84. The first-order valence-electron chi connectivity index (χ1n) is 6.03. The lowest BCUT2D eigenvalue weighted by molar-refractivity contribution is 0.425. The van der Waals surface area contributed by atoms with E-state index in [2.05, 4.69) is 10.1 Å². The van der Waals surface area contributed by atoms with Crippen molar-refractivity contribution >= 4 is 0 Å². The molecule has 0 bridgehead atoms. The number of phenolic OH excluding ortho intramolecular Hbond substituents is 1. The number of halogens is 1. The van der Waals surface area contributed by atoms with Crippen LogP contribution in [0.4, 0.5) is 4.39 Å². The Morgan fingerprint density at radius 2 is 1.85 bits per heavy atom. The third-order valence-electron chi connectivity index (χ3n) is 2.93. The number of rotatable bonds is 2. The Morgan fingerprint density at radius 1 is 1.10 bits per heavy atom. The van der Waals surface area contributed by atoms with Crippen molar-refractivity contribution in [1.82, 2.24) is 10.1 Å². The van der Waals surface area contributed by atoms with Crippen molar-refractivity contribution in [2.45, 2.75) is 6.92 Å². The van der Waals surface area contributed by atoms with Crippen LogP contribution in [0.2, 0.25) is 0 Å². The molecule has 0 aliphatic heterocycles. The summed E-state index contributed by atoms with van der Waals surface area (Å²) in [6.07, 6.45) is 0. The second-order valence-corrected chi connectivity index (χ2v) is 4.45. The molecule has 1 N–H and O–H groups in total. The molecule has 2 aromatic carbocycles. The Bertz CT molecular complexity index is 751. The molecule has 5 heteroatoms. The number of aromatic nitrogens is 2. The lowest BCUT2D eigenvalue weighted by Gasteiger charge is -1.98. The van der Waals surface area contributed by atoms with Crippen LogP contribution in [0.5, 0.6) is 5.75 Å². The molecule has 0 atom stereocenters. The molecule has 3 rings (SSSR count). The minimum Gasteiger partial charge on any atom is -0.507 e. The summed E-state index contributed by atoms with van der Waals surface area (Å²) in [6, 6.07) is 11.3. The third-order valence-corrected chi connectivity index (χ3v) is 2.93. The third kappa shape index (κ3) is 2.25. The number of phenols is 1. The number of benzene rings is 2. The van der Waals surface area contributed by atoms with Gasteiger partial charge >= 0.3 is 0 Å². The zero-order valence-electron chi connectivity index (χ0n) is 10.7. The molecular weight excluding hydrogens is 259 g/mol. The quantitative estimate of drug-likeness (QED) is 0.773. The molecule has 0 amide bonds. The normalized spacial score (nSPS) is 10.7. The van der Waals surface area contributed by atoms with Crippen LogP contribution in [0.25, 0.3) is 22.8 Å². The largest absolute Gasteiger partial charge is 0.507 e. The minimum absolute atomic E-state index is 0.151. The molecule has 0 fully saturated rings. The van der Waals surface area contributed by atoms with Crippen LogP contribution in [-0.2, 0) is 0 Å². The number of hydrogen-bond donors (Lipinski definition) is 1. The van der Waals surface area contributed by atoms with Crippen LogP contribution in [0.1, 0.15) is 5.56 Å². The van der Waals surface area contributed by atoms with Gasteiger partial charge in [-0.25, -0.2) is 4.39 Å². The highest BCUT2D eigenvalue weighted by Gasteiger charge is 2.14. The van der Waals surface area contributed by atoms with Gasteiger partial charge in [0, 0.05) is 11.6 Å². The van der Waals surface area contributed by atoms with Crippen molar-refractivity contribution in [2.75, 3.05) is 0 Å². The maximum absolute atomic E-state index is 12.9. The lowest BCUT2D eigenvalue weighted by Crippen LogP contribution is -1.83. The predicted octanol–water partition coefficient (Wildman–Crippen LogP) is 3.56.